The second kappa shape index (κ2) is 5.69. The van der Waals surface area contributed by atoms with Crippen molar-refractivity contribution >= 4 is 82.3 Å². The molecule has 0 unspecified atom stereocenters. The summed E-state index contributed by atoms with van der Waals surface area (Å²) in [6.07, 6.45) is 0. The predicted octanol–water partition coefficient (Wildman–Crippen LogP) is 5.57. The Labute approximate surface area is 136 Å². The molecule has 0 aliphatic carbocycles. The van der Waals surface area contributed by atoms with Gasteiger partial charge >= 0.3 is 0 Å². The maximum absolute atomic E-state index is 5.66. The van der Waals surface area contributed by atoms with Gasteiger partial charge in [-0.25, -0.2) is 0 Å². The minimum Gasteiger partial charge on any atom is -0.485 e. The van der Waals surface area contributed by atoms with Gasteiger partial charge in [0.05, 0.1) is 23.6 Å². The summed E-state index contributed by atoms with van der Waals surface area (Å²) in [6.45, 7) is 0.873. The molecule has 8 heteroatoms. The van der Waals surface area contributed by atoms with Gasteiger partial charge in [0, 0.05) is 17.3 Å². The number of thioether (sulfide) groups is 7. The van der Waals surface area contributed by atoms with E-state index in [-0.39, 0.29) is 0 Å². The largest absolute Gasteiger partial charge is 0.485 e. The standard InChI is InChI=1S/C10H8OS7/c1-2-12-5(11-1)6-15-9-10(16-6)18-8(17-9)7-13-3-4-14-7/h1-4H2. The molecule has 0 spiro atoms. The molecule has 1 nitrogen and oxygen atoms in total. The van der Waals surface area contributed by atoms with Gasteiger partial charge in [0.2, 0.25) is 0 Å². The highest BCUT2D eigenvalue weighted by Gasteiger charge is 2.35. The maximum atomic E-state index is 5.66. The summed E-state index contributed by atoms with van der Waals surface area (Å²) in [6, 6.07) is 0. The molecule has 2 saturated heterocycles. The van der Waals surface area contributed by atoms with E-state index in [1.807, 2.05) is 82.3 Å². The zero-order chi connectivity index (χ0) is 11.9. The van der Waals surface area contributed by atoms with Crippen molar-refractivity contribution in [2.24, 2.45) is 0 Å². The first-order chi connectivity index (χ1) is 8.90. The molecular formula is C10H8OS7. The molecule has 0 atom stereocenters. The van der Waals surface area contributed by atoms with E-state index in [4.69, 9.17) is 4.74 Å². The highest BCUT2D eigenvalue weighted by Crippen LogP contribution is 2.69. The quantitative estimate of drug-likeness (QED) is 0.542. The SMILES string of the molecule is C1CSC(=C2SC3=C(S2)SC(=C2SCCS2)S3)O1. The highest BCUT2D eigenvalue weighted by atomic mass is 32.3. The number of rotatable bonds is 0. The minimum atomic E-state index is 0.873. The molecule has 2 fully saturated rings. The Bertz CT molecular complexity index is 412. The fourth-order valence-electron chi connectivity index (χ4n) is 1.61. The Kier molecular flexibility index (Phi) is 4.16. The van der Waals surface area contributed by atoms with E-state index in [1.54, 1.807) is 4.24 Å². The third kappa shape index (κ3) is 2.51. The summed E-state index contributed by atoms with van der Waals surface area (Å²) in [5, 5.41) is 1.15. The average Bonchev–Trinajstić information content (AvgIpc) is 3.13. The van der Waals surface area contributed by atoms with Crippen LogP contribution in [0.5, 0.6) is 0 Å². The van der Waals surface area contributed by atoms with Crippen LogP contribution in [-0.4, -0.2) is 23.9 Å². The third-order valence-corrected chi connectivity index (χ3v) is 12.4. The summed E-state index contributed by atoms with van der Waals surface area (Å²) in [5.74, 6) is 3.65. The second-order valence-electron chi connectivity index (χ2n) is 3.53. The lowest BCUT2D eigenvalue weighted by Crippen LogP contribution is -1.81. The lowest BCUT2D eigenvalue weighted by atomic mass is 10.9. The molecule has 96 valence electrons. The normalized spacial score (nSPS) is 27.6. The molecule has 18 heavy (non-hydrogen) atoms. The van der Waals surface area contributed by atoms with Gasteiger partial charge in [-0.3, -0.25) is 0 Å². The van der Waals surface area contributed by atoms with Crippen LogP contribution in [0.25, 0.3) is 0 Å². The molecule has 0 amide bonds. The van der Waals surface area contributed by atoms with Crippen LogP contribution in [0.15, 0.2) is 26.3 Å². The smallest absolute Gasteiger partial charge is 0.174 e. The van der Waals surface area contributed by atoms with Gasteiger partial charge in [-0.05, 0) is 0 Å². The summed E-state index contributed by atoms with van der Waals surface area (Å²) < 4.78 is 13.0. The summed E-state index contributed by atoms with van der Waals surface area (Å²) >= 11 is 13.6. The zero-order valence-electron chi connectivity index (χ0n) is 9.09. The Morgan fingerprint density at radius 2 is 1.22 bits per heavy atom. The minimum absolute atomic E-state index is 0.873. The summed E-state index contributed by atoms with van der Waals surface area (Å²) in [5.41, 5.74) is 0. The van der Waals surface area contributed by atoms with Gasteiger partial charge in [-0.15, -0.1) is 23.5 Å². The van der Waals surface area contributed by atoms with Crippen LogP contribution in [0.1, 0.15) is 0 Å². The molecule has 0 N–H and O–H groups in total. The average molecular weight is 369 g/mol. The van der Waals surface area contributed by atoms with E-state index in [0.717, 1.165) is 17.5 Å². The highest BCUT2D eigenvalue weighted by molar-refractivity contribution is 8.49. The predicted molar refractivity (Wildman–Crippen MR) is 94.8 cm³/mol. The van der Waals surface area contributed by atoms with Gasteiger partial charge in [-0.1, -0.05) is 58.8 Å². The molecule has 0 bridgehead atoms. The van der Waals surface area contributed by atoms with Crippen molar-refractivity contribution in [1.29, 1.82) is 0 Å². The first kappa shape index (κ1) is 13.2. The van der Waals surface area contributed by atoms with E-state index in [0.29, 0.717) is 0 Å². The van der Waals surface area contributed by atoms with Crippen LogP contribution in [0.2, 0.25) is 0 Å². The fourth-order valence-corrected chi connectivity index (χ4v) is 11.9. The van der Waals surface area contributed by atoms with Gasteiger partial charge in [0.25, 0.3) is 0 Å². The molecule has 4 aliphatic heterocycles. The zero-order valence-corrected chi connectivity index (χ0v) is 14.8. The van der Waals surface area contributed by atoms with Gasteiger partial charge in [-0.2, -0.15) is 0 Å². The monoisotopic (exact) mass is 368 g/mol. The molecule has 4 rings (SSSR count). The van der Waals surface area contributed by atoms with E-state index in [1.165, 1.54) is 28.5 Å². The van der Waals surface area contributed by atoms with Crippen LogP contribution in [0, 0.1) is 0 Å². The second-order valence-corrected chi connectivity index (χ2v) is 12.2. The van der Waals surface area contributed by atoms with E-state index < -0.39 is 0 Å². The van der Waals surface area contributed by atoms with Crippen LogP contribution in [0.4, 0.5) is 0 Å². The van der Waals surface area contributed by atoms with Crippen molar-refractivity contribution in [3.05, 3.63) is 26.3 Å². The van der Waals surface area contributed by atoms with E-state index in [2.05, 4.69) is 0 Å². The van der Waals surface area contributed by atoms with Crippen molar-refractivity contribution in [1.82, 2.24) is 0 Å². The lowest BCUT2D eigenvalue weighted by Gasteiger charge is -2.06. The van der Waals surface area contributed by atoms with Crippen LogP contribution < -0.4 is 0 Å². The molecule has 0 aromatic heterocycles. The van der Waals surface area contributed by atoms with Crippen LogP contribution >= 0.6 is 82.3 Å². The van der Waals surface area contributed by atoms with Crippen molar-refractivity contribution in [3.8, 4) is 0 Å². The number of hydrogen-bond donors (Lipinski definition) is 0. The van der Waals surface area contributed by atoms with Gasteiger partial charge < -0.3 is 4.74 Å². The van der Waals surface area contributed by atoms with Gasteiger partial charge in [0.15, 0.2) is 5.09 Å². The van der Waals surface area contributed by atoms with Crippen molar-refractivity contribution < 1.29 is 4.74 Å². The molecule has 4 aliphatic rings. The van der Waals surface area contributed by atoms with Crippen LogP contribution in [0.3, 0.4) is 0 Å². The summed E-state index contributed by atoms with van der Waals surface area (Å²) in [7, 11) is 0. The van der Waals surface area contributed by atoms with E-state index >= 15 is 0 Å². The third-order valence-electron chi connectivity index (χ3n) is 2.34. The molecule has 4 heterocycles. The maximum Gasteiger partial charge on any atom is 0.174 e. The van der Waals surface area contributed by atoms with Gasteiger partial charge in [0.1, 0.15) is 4.24 Å². The van der Waals surface area contributed by atoms with Crippen LogP contribution in [-0.2, 0) is 4.74 Å². The fraction of sp³-hybridized carbons (Fsp3) is 0.400. The molecule has 0 saturated carbocycles. The molecule has 0 radical (unpaired) electrons. The molecule has 0 aromatic carbocycles. The first-order valence-corrected chi connectivity index (χ1v) is 11.6. The Morgan fingerprint density at radius 1 is 0.611 bits per heavy atom. The van der Waals surface area contributed by atoms with Crippen molar-refractivity contribution in [3.63, 3.8) is 0 Å². The number of ether oxygens (including phenoxy) is 1. The van der Waals surface area contributed by atoms with Crippen molar-refractivity contribution in [2.45, 2.75) is 0 Å². The van der Waals surface area contributed by atoms with Crippen molar-refractivity contribution in [2.75, 3.05) is 23.9 Å². The molecule has 0 aromatic rings. The summed E-state index contributed by atoms with van der Waals surface area (Å²) in [4.78, 5) is 0. The Morgan fingerprint density at radius 3 is 1.83 bits per heavy atom. The Balaban J connectivity index is 1.51. The Hall–Kier alpha value is 1.47. The first-order valence-electron chi connectivity index (χ1n) is 5.35. The topological polar surface area (TPSA) is 9.23 Å². The van der Waals surface area contributed by atoms with E-state index in [9.17, 15) is 0 Å². The molecular weight excluding hydrogens is 361 g/mol. The number of hydrogen-bond acceptors (Lipinski definition) is 8. The lowest BCUT2D eigenvalue weighted by molar-refractivity contribution is 0.275.